The Balaban J connectivity index is 1.95. The maximum Gasteiger partial charge on any atom is 0.296 e. The molecule has 3 aromatic rings. The molecule has 0 saturated carbocycles. The van der Waals surface area contributed by atoms with E-state index in [2.05, 4.69) is 37.1 Å². The van der Waals surface area contributed by atoms with Crippen molar-refractivity contribution in [3.8, 4) is 0 Å². The molecule has 0 saturated heterocycles. The number of aliphatic hydroxyl groups excluding tert-OH is 1. The second-order valence-electron chi connectivity index (χ2n) is 8.06. The number of ether oxygens (including phenoxy) is 1. The Morgan fingerprint density at radius 3 is 2.70 bits per heavy atom. The first kappa shape index (κ1) is 24.7. The van der Waals surface area contributed by atoms with E-state index in [1.54, 1.807) is 18.3 Å². The SMILES string of the molecule is CCCN(CCO)c1cnc2c(C)nnc(N[C@H](C)c3cccc(C(F)(F)COC)c3)c2c1. The smallest absolute Gasteiger partial charge is 0.296 e. The first-order valence-corrected chi connectivity index (χ1v) is 11.0. The number of aryl methyl sites for hydroxylation is 1. The predicted octanol–water partition coefficient (Wildman–Crippen LogP) is 4.45. The Morgan fingerprint density at radius 1 is 1.21 bits per heavy atom. The monoisotopic (exact) mass is 459 g/mol. The molecule has 0 radical (unpaired) electrons. The van der Waals surface area contributed by atoms with Crippen LogP contribution in [0.3, 0.4) is 0 Å². The van der Waals surface area contributed by atoms with Gasteiger partial charge in [-0.15, -0.1) is 5.10 Å². The lowest BCUT2D eigenvalue weighted by atomic mass is 10.0. The van der Waals surface area contributed by atoms with Crippen LogP contribution in [-0.2, 0) is 10.7 Å². The minimum atomic E-state index is -3.07. The predicted molar refractivity (Wildman–Crippen MR) is 126 cm³/mol. The summed E-state index contributed by atoms with van der Waals surface area (Å²) < 4.78 is 33.3. The van der Waals surface area contributed by atoms with Gasteiger partial charge in [0.25, 0.3) is 5.92 Å². The second kappa shape index (κ2) is 10.8. The number of pyridine rings is 1. The number of aromatic nitrogens is 3. The van der Waals surface area contributed by atoms with E-state index >= 15 is 0 Å². The van der Waals surface area contributed by atoms with Crippen LogP contribution in [0.15, 0.2) is 36.5 Å². The van der Waals surface area contributed by atoms with Crippen molar-refractivity contribution in [1.29, 1.82) is 0 Å². The van der Waals surface area contributed by atoms with Crippen LogP contribution in [0.1, 0.15) is 43.1 Å². The van der Waals surface area contributed by atoms with Gasteiger partial charge >= 0.3 is 0 Å². The topological polar surface area (TPSA) is 83.4 Å². The molecule has 0 aliphatic heterocycles. The molecule has 0 spiro atoms. The number of hydrogen-bond acceptors (Lipinski definition) is 7. The summed E-state index contributed by atoms with van der Waals surface area (Å²) in [5.41, 5.74) is 2.88. The number of hydrogen-bond donors (Lipinski definition) is 2. The van der Waals surface area contributed by atoms with Gasteiger partial charge in [-0.1, -0.05) is 25.1 Å². The Kier molecular flexibility index (Phi) is 8.10. The maximum atomic E-state index is 14.3. The van der Waals surface area contributed by atoms with E-state index in [4.69, 9.17) is 0 Å². The summed E-state index contributed by atoms with van der Waals surface area (Å²) in [5, 5.41) is 22.1. The molecule has 0 aliphatic carbocycles. The maximum absolute atomic E-state index is 14.3. The molecule has 0 amide bonds. The third-order valence-corrected chi connectivity index (χ3v) is 5.49. The summed E-state index contributed by atoms with van der Waals surface area (Å²) >= 11 is 0. The Hall–Kier alpha value is -2.91. The third kappa shape index (κ3) is 5.72. The average molecular weight is 460 g/mol. The van der Waals surface area contributed by atoms with E-state index < -0.39 is 12.5 Å². The minimum Gasteiger partial charge on any atom is -0.395 e. The molecule has 1 atom stereocenters. The number of methoxy groups -OCH3 is 1. The van der Waals surface area contributed by atoms with Gasteiger partial charge in [0.05, 0.1) is 35.7 Å². The largest absolute Gasteiger partial charge is 0.395 e. The zero-order chi connectivity index (χ0) is 24.0. The van der Waals surface area contributed by atoms with Crippen LogP contribution < -0.4 is 10.2 Å². The van der Waals surface area contributed by atoms with Gasteiger partial charge < -0.3 is 20.1 Å². The molecule has 1 aromatic carbocycles. The van der Waals surface area contributed by atoms with Gasteiger partial charge in [-0.2, -0.15) is 13.9 Å². The van der Waals surface area contributed by atoms with Crippen molar-refractivity contribution in [2.24, 2.45) is 0 Å². The Labute approximate surface area is 192 Å². The number of fused-ring (bicyclic) bond motifs is 1. The molecule has 7 nitrogen and oxygen atoms in total. The highest BCUT2D eigenvalue weighted by molar-refractivity contribution is 5.92. The Morgan fingerprint density at radius 2 is 2.00 bits per heavy atom. The number of nitrogens with one attached hydrogen (secondary N) is 1. The molecule has 9 heteroatoms. The van der Waals surface area contributed by atoms with E-state index in [1.807, 2.05) is 19.9 Å². The number of rotatable bonds is 11. The van der Waals surface area contributed by atoms with Crippen LogP contribution in [0, 0.1) is 6.92 Å². The van der Waals surface area contributed by atoms with Crippen molar-refractivity contribution in [2.45, 2.75) is 39.2 Å². The molecular formula is C24H31F2N5O2. The molecule has 2 heterocycles. The first-order valence-electron chi connectivity index (χ1n) is 11.0. The summed E-state index contributed by atoms with van der Waals surface area (Å²) in [6, 6.07) is 7.96. The quantitative estimate of drug-likeness (QED) is 0.438. The van der Waals surface area contributed by atoms with Gasteiger partial charge in [-0.05, 0) is 38.0 Å². The highest BCUT2D eigenvalue weighted by Crippen LogP contribution is 2.32. The second-order valence-corrected chi connectivity index (χ2v) is 8.06. The molecule has 0 unspecified atom stereocenters. The number of halogens is 2. The average Bonchev–Trinajstić information content (AvgIpc) is 2.80. The van der Waals surface area contributed by atoms with Gasteiger partial charge in [0.15, 0.2) is 5.82 Å². The van der Waals surface area contributed by atoms with E-state index in [-0.39, 0.29) is 18.2 Å². The number of aliphatic hydroxyl groups is 1. The summed E-state index contributed by atoms with van der Waals surface area (Å²) in [4.78, 5) is 6.66. The molecule has 0 bridgehead atoms. The molecule has 2 aromatic heterocycles. The molecule has 178 valence electrons. The lowest BCUT2D eigenvalue weighted by Gasteiger charge is -2.24. The molecular weight excluding hydrogens is 428 g/mol. The van der Waals surface area contributed by atoms with Crippen LogP contribution in [0.5, 0.6) is 0 Å². The highest BCUT2D eigenvalue weighted by atomic mass is 19.3. The standard InChI is InChI=1S/C24H31F2N5O2/c1-5-9-31(10-11-32)20-13-21-22(27-14-20)17(3)29-30-23(21)28-16(2)18-7-6-8-19(12-18)24(25,26)15-33-4/h6-8,12-14,16,32H,5,9-11,15H2,1-4H3,(H,28,30)/t16-/m1/s1. The van der Waals surface area contributed by atoms with E-state index in [1.165, 1.54) is 19.2 Å². The van der Waals surface area contributed by atoms with E-state index in [0.717, 1.165) is 24.0 Å². The number of nitrogens with zero attached hydrogens (tertiary/aromatic N) is 4. The number of alkyl halides is 2. The van der Waals surface area contributed by atoms with Gasteiger partial charge in [0, 0.05) is 31.1 Å². The lowest BCUT2D eigenvalue weighted by Crippen LogP contribution is -2.27. The summed E-state index contributed by atoms with van der Waals surface area (Å²) in [6.45, 7) is 6.45. The van der Waals surface area contributed by atoms with Crippen LogP contribution >= 0.6 is 0 Å². The van der Waals surface area contributed by atoms with Crippen molar-refractivity contribution >= 4 is 22.4 Å². The van der Waals surface area contributed by atoms with Crippen LogP contribution in [-0.4, -0.2) is 53.7 Å². The van der Waals surface area contributed by atoms with Crippen molar-refractivity contribution in [3.63, 3.8) is 0 Å². The van der Waals surface area contributed by atoms with Crippen LogP contribution in [0.4, 0.5) is 20.3 Å². The Bertz CT molecular complexity index is 1070. The lowest BCUT2D eigenvalue weighted by molar-refractivity contribution is -0.0698. The zero-order valence-electron chi connectivity index (χ0n) is 19.5. The van der Waals surface area contributed by atoms with Crippen molar-refractivity contribution in [1.82, 2.24) is 15.2 Å². The molecule has 0 aliphatic rings. The van der Waals surface area contributed by atoms with Gasteiger partial charge in [0.1, 0.15) is 6.61 Å². The summed E-state index contributed by atoms with van der Waals surface area (Å²) in [7, 11) is 1.26. The normalized spacial score (nSPS) is 12.7. The third-order valence-electron chi connectivity index (χ3n) is 5.49. The minimum absolute atomic E-state index is 0.0395. The van der Waals surface area contributed by atoms with Crippen molar-refractivity contribution < 1.29 is 18.6 Å². The molecule has 33 heavy (non-hydrogen) atoms. The highest BCUT2D eigenvalue weighted by Gasteiger charge is 2.31. The van der Waals surface area contributed by atoms with E-state index in [9.17, 15) is 13.9 Å². The molecule has 2 N–H and O–H groups in total. The van der Waals surface area contributed by atoms with Crippen LogP contribution in [0.25, 0.3) is 10.9 Å². The van der Waals surface area contributed by atoms with Crippen LogP contribution in [0.2, 0.25) is 0 Å². The molecule has 0 fully saturated rings. The fourth-order valence-corrected chi connectivity index (χ4v) is 3.78. The first-order chi connectivity index (χ1) is 15.8. The molecule has 3 rings (SSSR count). The van der Waals surface area contributed by atoms with Gasteiger partial charge in [-0.25, -0.2) is 0 Å². The summed E-state index contributed by atoms with van der Waals surface area (Å²) in [5.74, 6) is -2.55. The van der Waals surface area contributed by atoms with Crippen molar-refractivity contribution in [2.75, 3.05) is 43.6 Å². The van der Waals surface area contributed by atoms with Crippen molar-refractivity contribution in [3.05, 3.63) is 53.3 Å². The van der Waals surface area contributed by atoms with Gasteiger partial charge in [-0.3, -0.25) is 4.98 Å². The van der Waals surface area contributed by atoms with Gasteiger partial charge in [0.2, 0.25) is 0 Å². The number of anilines is 2. The number of benzene rings is 1. The fourth-order valence-electron chi connectivity index (χ4n) is 3.78. The fraction of sp³-hybridized carbons (Fsp3) is 0.458. The summed E-state index contributed by atoms with van der Waals surface area (Å²) in [6.07, 6.45) is 2.70. The van der Waals surface area contributed by atoms with E-state index in [0.29, 0.717) is 29.1 Å². The zero-order valence-corrected chi connectivity index (χ0v) is 19.5.